The Bertz CT molecular complexity index is 707. The Hall–Kier alpha value is -2.40. The molecule has 0 unspecified atom stereocenters. The van der Waals surface area contributed by atoms with Crippen LogP contribution in [0, 0.1) is 5.92 Å². The fourth-order valence-electron chi connectivity index (χ4n) is 3.50. The van der Waals surface area contributed by atoms with Gasteiger partial charge in [0.25, 0.3) is 5.91 Å². The molecule has 1 aliphatic rings. The standard InChI is InChI=1S/C22H30N4O/c1-25(2)15-12-23-20-8-9-21(24-17-20)22(27)26-13-10-19(11-14-26)16-18-6-4-3-5-7-18/h3-9,17,19,23H,10-16H2,1-2H3. The third kappa shape index (κ3) is 5.79. The molecular formula is C22H30N4O. The molecule has 1 N–H and O–H groups in total. The third-order valence-corrected chi connectivity index (χ3v) is 5.14. The van der Waals surface area contributed by atoms with E-state index in [9.17, 15) is 4.79 Å². The minimum absolute atomic E-state index is 0.0491. The Morgan fingerprint density at radius 1 is 1.15 bits per heavy atom. The molecule has 2 heterocycles. The molecule has 0 radical (unpaired) electrons. The first-order valence-corrected chi connectivity index (χ1v) is 9.79. The smallest absolute Gasteiger partial charge is 0.272 e. The van der Waals surface area contributed by atoms with Crippen molar-refractivity contribution in [3.8, 4) is 0 Å². The number of hydrogen-bond acceptors (Lipinski definition) is 4. The molecule has 1 aromatic carbocycles. The number of rotatable bonds is 7. The number of nitrogens with one attached hydrogen (secondary N) is 1. The van der Waals surface area contributed by atoms with Crippen molar-refractivity contribution in [3.05, 3.63) is 59.9 Å². The molecule has 144 valence electrons. The second-order valence-corrected chi connectivity index (χ2v) is 7.59. The molecule has 0 saturated carbocycles. The average molecular weight is 367 g/mol. The predicted molar refractivity (Wildman–Crippen MR) is 110 cm³/mol. The Morgan fingerprint density at radius 2 is 1.89 bits per heavy atom. The summed E-state index contributed by atoms with van der Waals surface area (Å²) in [4.78, 5) is 21.2. The van der Waals surface area contributed by atoms with E-state index < -0.39 is 0 Å². The number of carbonyl (C=O) groups excluding carboxylic acids is 1. The summed E-state index contributed by atoms with van der Waals surface area (Å²) in [5.41, 5.74) is 2.88. The van der Waals surface area contributed by atoms with Crippen LogP contribution in [0.25, 0.3) is 0 Å². The molecule has 0 atom stereocenters. The van der Waals surface area contributed by atoms with Gasteiger partial charge in [-0.25, -0.2) is 4.98 Å². The van der Waals surface area contributed by atoms with Gasteiger partial charge in [-0.2, -0.15) is 0 Å². The normalized spacial score (nSPS) is 15.1. The Labute approximate surface area is 162 Å². The molecule has 1 amide bonds. The van der Waals surface area contributed by atoms with Crippen LogP contribution in [0.2, 0.25) is 0 Å². The van der Waals surface area contributed by atoms with Crippen LogP contribution in [0.4, 0.5) is 5.69 Å². The maximum absolute atomic E-state index is 12.7. The highest BCUT2D eigenvalue weighted by molar-refractivity contribution is 5.92. The Balaban J connectivity index is 1.47. The van der Waals surface area contributed by atoms with Crippen LogP contribution in [-0.4, -0.2) is 61.0 Å². The van der Waals surface area contributed by atoms with Gasteiger partial charge in [0.05, 0.1) is 11.9 Å². The number of pyridine rings is 1. The molecular weight excluding hydrogens is 336 g/mol. The van der Waals surface area contributed by atoms with Gasteiger partial charge in [-0.1, -0.05) is 30.3 Å². The summed E-state index contributed by atoms with van der Waals surface area (Å²) in [6, 6.07) is 14.4. The SMILES string of the molecule is CN(C)CCNc1ccc(C(=O)N2CCC(Cc3ccccc3)CC2)nc1. The van der Waals surface area contributed by atoms with Crippen molar-refractivity contribution in [1.82, 2.24) is 14.8 Å². The van der Waals surface area contributed by atoms with Crippen molar-refractivity contribution in [3.63, 3.8) is 0 Å². The number of hydrogen-bond donors (Lipinski definition) is 1. The predicted octanol–water partition coefficient (Wildman–Crippen LogP) is 3.15. The topological polar surface area (TPSA) is 48.5 Å². The summed E-state index contributed by atoms with van der Waals surface area (Å²) in [7, 11) is 4.09. The van der Waals surface area contributed by atoms with Crippen molar-refractivity contribution in [2.24, 2.45) is 5.92 Å². The van der Waals surface area contributed by atoms with E-state index in [0.717, 1.165) is 51.1 Å². The highest BCUT2D eigenvalue weighted by Crippen LogP contribution is 2.22. The van der Waals surface area contributed by atoms with Gasteiger partial charge >= 0.3 is 0 Å². The fraction of sp³-hybridized carbons (Fsp3) is 0.455. The largest absolute Gasteiger partial charge is 0.383 e. The van der Waals surface area contributed by atoms with Gasteiger partial charge in [0.1, 0.15) is 5.69 Å². The first-order valence-electron chi connectivity index (χ1n) is 9.79. The quantitative estimate of drug-likeness (QED) is 0.818. The number of nitrogens with zero attached hydrogens (tertiary/aromatic N) is 3. The maximum atomic E-state index is 12.7. The third-order valence-electron chi connectivity index (χ3n) is 5.14. The number of amides is 1. The van der Waals surface area contributed by atoms with Gasteiger partial charge in [-0.3, -0.25) is 4.79 Å². The van der Waals surface area contributed by atoms with Crippen LogP contribution in [0.1, 0.15) is 28.9 Å². The lowest BCUT2D eigenvalue weighted by Gasteiger charge is -2.32. The maximum Gasteiger partial charge on any atom is 0.272 e. The summed E-state index contributed by atoms with van der Waals surface area (Å²) < 4.78 is 0. The number of likely N-dealkylation sites (tertiary alicyclic amines) is 1. The summed E-state index contributed by atoms with van der Waals surface area (Å²) >= 11 is 0. The monoisotopic (exact) mass is 366 g/mol. The molecule has 1 aliphatic heterocycles. The Kier molecular flexibility index (Phi) is 6.82. The minimum atomic E-state index is 0.0491. The summed E-state index contributed by atoms with van der Waals surface area (Å²) in [5.74, 6) is 0.709. The number of carbonyl (C=O) groups is 1. The second-order valence-electron chi connectivity index (χ2n) is 7.59. The van der Waals surface area contributed by atoms with Gasteiger partial charge in [-0.05, 0) is 57.0 Å². The number of aromatic nitrogens is 1. The highest BCUT2D eigenvalue weighted by atomic mass is 16.2. The van der Waals surface area contributed by atoms with Crippen LogP contribution in [0.3, 0.4) is 0 Å². The highest BCUT2D eigenvalue weighted by Gasteiger charge is 2.24. The molecule has 2 aromatic rings. The summed E-state index contributed by atoms with van der Waals surface area (Å²) in [5, 5.41) is 3.32. The summed E-state index contributed by atoms with van der Waals surface area (Å²) in [6.07, 6.45) is 4.98. The lowest BCUT2D eigenvalue weighted by atomic mass is 9.90. The van der Waals surface area contributed by atoms with Crippen LogP contribution >= 0.6 is 0 Å². The van der Waals surface area contributed by atoms with Gasteiger partial charge in [0.15, 0.2) is 0 Å². The van der Waals surface area contributed by atoms with Crippen LogP contribution in [-0.2, 0) is 6.42 Å². The van der Waals surface area contributed by atoms with E-state index in [1.807, 2.05) is 31.1 Å². The minimum Gasteiger partial charge on any atom is -0.383 e. The van der Waals surface area contributed by atoms with E-state index in [2.05, 4.69) is 45.5 Å². The molecule has 0 bridgehead atoms. The first-order chi connectivity index (χ1) is 13.1. The summed E-state index contributed by atoms with van der Waals surface area (Å²) in [6.45, 7) is 3.46. The number of piperidine rings is 1. The van der Waals surface area contributed by atoms with E-state index in [-0.39, 0.29) is 5.91 Å². The fourth-order valence-corrected chi connectivity index (χ4v) is 3.50. The average Bonchev–Trinajstić information content (AvgIpc) is 2.69. The van der Waals surface area contributed by atoms with Gasteiger partial charge in [0, 0.05) is 26.2 Å². The lowest BCUT2D eigenvalue weighted by Crippen LogP contribution is -2.39. The van der Waals surface area contributed by atoms with Crippen LogP contribution < -0.4 is 5.32 Å². The molecule has 27 heavy (non-hydrogen) atoms. The van der Waals surface area contributed by atoms with E-state index >= 15 is 0 Å². The number of benzene rings is 1. The molecule has 1 aromatic heterocycles. The lowest BCUT2D eigenvalue weighted by molar-refractivity contribution is 0.0684. The van der Waals surface area contributed by atoms with Crippen molar-refractivity contribution in [2.45, 2.75) is 19.3 Å². The van der Waals surface area contributed by atoms with E-state index in [1.54, 1.807) is 6.20 Å². The molecule has 1 saturated heterocycles. The molecule has 0 spiro atoms. The molecule has 5 heteroatoms. The van der Waals surface area contributed by atoms with Crippen molar-refractivity contribution in [2.75, 3.05) is 45.6 Å². The zero-order chi connectivity index (χ0) is 19.1. The molecule has 5 nitrogen and oxygen atoms in total. The second kappa shape index (κ2) is 9.51. The van der Waals surface area contributed by atoms with Crippen molar-refractivity contribution >= 4 is 11.6 Å². The number of anilines is 1. The zero-order valence-corrected chi connectivity index (χ0v) is 16.4. The van der Waals surface area contributed by atoms with Crippen molar-refractivity contribution in [1.29, 1.82) is 0 Å². The van der Waals surface area contributed by atoms with E-state index in [0.29, 0.717) is 11.6 Å². The molecule has 1 fully saturated rings. The van der Waals surface area contributed by atoms with E-state index in [4.69, 9.17) is 0 Å². The van der Waals surface area contributed by atoms with Gasteiger partial charge < -0.3 is 15.1 Å². The first kappa shape index (κ1) is 19.4. The zero-order valence-electron chi connectivity index (χ0n) is 16.4. The molecule has 3 rings (SSSR count). The van der Waals surface area contributed by atoms with Crippen LogP contribution in [0.15, 0.2) is 48.7 Å². The Morgan fingerprint density at radius 3 is 2.52 bits per heavy atom. The molecule has 0 aliphatic carbocycles. The van der Waals surface area contributed by atoms with Gasteiger partial charge in [-0.15, -0.1) is 0 Å². The van der Waals surface area contributed by atoms with Crippen LogP contribution in [0.5, 0.6) is 0 Å². The van der Waals surface area contributed by atoms with Crippen molar-refractivity contribution < 1.29 is 4.79 Å². The number of likely N-dealkylation sites (N-methyl/N-ethyl adjacent to an activating group) is 1. The van der Waals surface area contributed by atoms with E-state index in [1.165, 1.54) is 5.56 Å². The van der Waals surface area contributed by atoms with Gasteiger partial charge in [0.2, 0.25) is 0 Å².